The Morgan fingerprint density at radius 3 is 2.51 bits per heavy atom. The Morgan fingerprint density at radius 1 is 1.00 bits per heavy atom. The van der Waals surface area contributed by atoms with Gasteiger partial charge in [-0.25, -0.2) is 0 Å². The number of carbonyl (C=O) groups is 4. The van der Waals surface area contributed by atoms with Crippen LogP contribution < -0.4 is 21.3 Å². The van der Waals surface area contributed by atoms with Crippen molar-refractivity contribution in [3.63, 3.8) is 0 Å². The summed E-state index contributed by atoms with van der Waals surface area (Å²) in [5, 5.41) is 20.5. The lowest BCUT2D eigenvalue weighted by atomic mass is 9.99. The number of amides is 3. The number of para-hydroxylation sites is 1. The first kappa shape index (κ1) is 27.7. The maximum Gasteiger partial charge on any atom is 0.305 e. The standard InChI is InChI=1S/C27H34N4O6/c1-37-17-22(26(35)29-16-20-10-5-9-19-11-6-14-28-25(19)20)31-27(36)21(15-24(33)34)30-23(32)13-12-18-7-3-2-4-8-18/h2-5,7-10,21-22,28H,6,11-17H2,1H3,(H,29,35)(H,30,32)(H,31,36)(H,33,34)/t21-,22-/m0/s1. The molecule has 0 bridgehead atoms. The molecule has 3 rings (SSSR count). The van der Waals surface area contributed by atoms with Crippen molar-refractivity contribution >= 4 is 29.4 Å². The van der Waals surface area contributed by atoms with E-state index in [-0.39, 0.29) is 19.6 Å². The lowest BCUT2D eigenvalue weighted by molar-refractivity contribution is -0.141. The van der Waals surface area contributed by atoms with E-state index in [1.807, 2.05) is 42.5 Å². The van der Waals surface area contributed by atoms with E-state index in [9.17, 15) is 24.3 Å². The van der Waals surface area contributed by atoms with Gasteiger partial charge in [0.1, 0.15) is 12.1 Å². The molecule has 1 aliphatic heterocycles. The fourth-order valence-corrected chi connectivity index (χ4v) is 4.21. The first-order valence-electron chi connectivity index (χ1n) is 12.3. The number of rotatable bonds is 13. The Hall–Kier alpha value is -3.92. The molecule has 5 N–H and O–H groups in total. The summed E-state index contributed by atoms with van der Waals surface area (Å²) in [6, 6.07) is 12.9. The molecule has 0 radical (unpaired) electrons. The summed E-state index contributed by atoms with van der Waals surface area (Å²) in [7, 11) is 1.39. The molecule has 0 saturated heterocycles. The van der Waals surface area contributed by atoms with E-state index in [1.54, 1.807) is 0 Å². The van der Waals surface area contributed by atoms with Gasteiger partial charge in [-0.15, -0.1) is 0 Å². The van der Waals surface area contributed by atoms with Gasteiger partial charge in [0, 0.05) is 32.3 Å². The van der Waals surface area contributed by atoms with E-state index in [0.29, 0.717) is 6.42 Å². The number of anilines is 1. The zero-order chi connectivity index (χ0) is 26.6. The molecule has 1 heterocycles. The summed E-state index contributed by atoms with van der Waals surface area (Å²) in [5.74, 6) is -2.96. The van der Waals surface area contributed by atoms with E-state index >= 15 is 0 Å². The topological polar surface area (TPSA) is 146 Å². The number of fused-ring (bicyclic) bond motifs is 1. The second-order valence-corrected chi connectivity index (χ2v) is 8.92. The van der Waals surface area contributed by atoms with E-state index in [2.05, 4.69) is 27.3 Å². The number of carboxylic acid groups (broad SMARTS) is 1. The first-order chi connectivity index (χ1) is 17.9. The van der Waals surface area contributed by atoms with E-state index in [0.717, 1.165) is 36.2 Å². The van der Waals surface area contributed by atoms with Crippen LogP contribution in [-0.4, -0.2) is 61.1 Å². The molecule has 2 aromatic rings. The van der Waals surface area contributed by atoms with E-state index < -0.39 is 42.2 Å². The molecule has 198 valence electrons. The molecule has 2 aromatic carbocycles. The van der Waals surface area contributed by atoms with Gasteiger partial charge < -0.3 is 31.1 Å². The van der Waals surface area contributed by atoms with Crippen molar-refractivity contribution < 1.29 is 29.0 Å². The molecule has 3 amide bonds. The minimum atomic E-state index is -1.33. The highest BCUT2D eigenvalue weighted by Gasteiger charge is 2.28. The molecule has 10 nitrogen and oxygen atoms in total. The molecule has 0 saturated carbocycles. The highest BCUT2D eigenvalue weighted by molar-refractivity contribution is 5.94. The number of benzene rings is 2. The van der Waals surface area contributed by atoms with Crippen LogP contribution in [0.2, 0.25) is 0 Å². The van der Waals surface area contributed by atoms with Gasteiger partial charge in [-0.2, -0.15) is 0 Å². The van der Waals surface area contributed by atoms with Crippen molar-refractivity contribution in [2.24, 2.45) is 0 Å². The quantitative estimate of drug-likeness (QED) is 0.274. The van der Waals surface area contributed by atoms with Crippen LogP contribution >= 0.6 is 0 Å². The van der Waals surface area contributed by atoms with Gasteiger partial charge in [0.05, 0.1) is 13.0 Å². The lowest BCUT2D eigenvalue weighted by Crippen LogP contribution is -2.55. The Bertz CT molecular complexity index is 1090. The summed E-state index contributed by atoms with van der Waals surface area (Å²) < 4.78 is 5.11. The van der Waals surface area contributed by atoms with Crippen LogP contribution in [0.4, 0.5) is 5.69 Å². The number of methoxy groups -OCH3 is 1. The molecule has 0 spiro atoms. The molecular weight excluding hydrogens is 476 g/mol. The van der Waals surface area contributed by atoms with Crippen molar-refractivity contribution in [3.8, 4) is 0 Å². The third kappa shape index (κ3) is 8.60. The average Bonchev–Trinajstić information content (AvgIpc) is 2.90. The number of carboxylic acids is 1. The molecule has 1 aliphatic rings. The number of hydrogen-bond donors (Lipinski definition) is 5. The molecule has 2 atom stereocenters. The minimum Gasteiger partial charge on any atom is -0.481 e. The Kier molecular flexibility index (Phi) is 10.5. The summed E-state index contributed by atoms with van der Waals surface area (Å²) in [6.07, 6.45) is 1.93. The van der Waals surface area contributed by atoms with Crippen LogP contribution in [0.5, 0.6) is 0 Å². The van der Waals surface area contributed by atoms with Crippen molar-refractivity contribution in [1.29, 1.82) is 0 Å². The predicted octanol–water partition coefficient (Wildman–Crippen LogP) is 1.38. The summed E-state index contributed by atoms with van der Waals surface area (Å²) in [5.41, 5.74) is 4.09. The largest absolute Gasteiger partial charge is 0.481 e. The Morgan fingerprint density at radius 2 is 1.78 bits per heavy atom. The van der Waals surface area contributed by atoms with Crippen molar-refractivity contribution in [2.75, 3.05) is 25.6 Å². The summed E-state index contributed by atoms with van der Waals surface area (Å²) in [4.78, 5) is 49.6. The van der Waals surface area contributed by atoms with Crippen LogP contribution in [0.3, 0.4) is 0 Å². The monoisotopic (exact) mass is 510 g/mol. The number of aliphatic carboxylic acids is 1. The molecule has 0 aromatic heterocycles. The molecule has 10 heteroatoms. The normalized spacial score (nSPS) is 13.9. The van der Waals surface area contributed by atoms with Gasteiger partial charge in [-0.05, 0) is 36.0 Å². The zero-order valence-corrected chi connectivity index (χ0v) is 20.9. The van der Waals surface area contributed by atoms with Gasteiger partial charge in [-0.1, -0.05) is 48.5 Å². The molecule has 0 aliphatic carbocycles. The summed E-state index contributed by atoms with van der Waals surface area (Å²) >= 11 is 0. The molecule has 0 unspecified atom stereocenters. The fraction of sp³-hybridized carbons (Fsp3) is 0.407. The maximum absolute atomic E-state index is 12.9. The lowest BCUT2D eigenvalue weighted by Gasteiger charge is -2.23. The average molecular weight is 511 g/mol. The van der Waals surface area contributed by atoms with Gasteiger partial charge in [0.25, 0.3) is 0 Å². The van der Waals surface area contributed by atoms with Gasteiger partial charge in [0.2, 0.25) is 17.7 Å². The number of hydrogen-bond acceptors (Lipinski definition) is 6. The number of nitrogens with one attached hydrogen (secondary N) is 4. The Labute approximate surface area is 216 Å². The SMILES string of the molecule is COC[C@H](NC(=O)[C@H](CC(=O)O)NC(=O)CCc1ccccc1)C(=O)NCc1cccc2c1NCCC2. The van der Waals surface area contributed by atoms with Crippen molar-refractivity contribution in [3.05, 3.63) is 65.2 Å². The van der Waals surface area contributed by atoms with Gasteiger partial charge in [-0.3, -0.25) is 19.2 Å². The van der Waals surface area contributed by atoms with E-state index in [4.69, 9.17) is 4.74 Å². The molecule has 0 fully saturated rings. The van der Waals surface area contributed by atoms with Crippen molar-refractivity contribution in [2.45, 2.75) is 50.7 Å². The Balaban J connectivity index is 1.59. The number of aryl methyl sites for hydroxylation is 2. The van der Waals surface area contributed by atoms with Gasteiger partial charge >= 0.3 is 5.97 Å². The van der Waals surface area contributed by atoms with E-state index in [1.165, 1.54) is 12.7 Å². The van der Waals surface area contributed by atoms with Crippen LogP contribution in [0.1, 0.15) is 36.0 Å². The number of carbonyl (C=O) groups excluding carboxylic acids is 3. The highest BCUT2D eigenvalue weighted by Crippen LogP contribution is 2.25. The third-order valence-corrected chi connectivity index (χ3v) is 6.10. The summed E-state index contributed by atoms with van der Waals surface area (Å²) in [6.45, 7) is 0.993. The van der Waals surface area contributed by atoms with Gasteiger partial charge in [0.15, 0.2) is 0 Å². The molecular formula is C27H34N4O6. The second kappa shape index (κ2) is 14.0. The fourth-order valence-electron chi connectivity index (χ4n) is 4.21. The minimum absolute atomic E-state index is 0.0881. The van der Waals surface area contributed by atoms with Crippen LogP contribution in [0.15, 0.2) is 48.5 Å². The highest BCUT2D eigenvalue weighted by atomic mass is 16.5. The third-order valence-electron chi connectivity index (χ3n) is 6.10. The van der Waals surface area contributed by atoms with Crippen LogP contribution in [-0.2, 0) is 43.3 Å². The van der Waals surface area contributed by atoms with Crippen LogP contribution in [0.25, 0.3) is 0 Å². The second-order valence-electron chi connectivity index (χ2n) is 8.92. The number of ether oxygens (including phenoxy) is 1. The first-order valence-corrected chi connectivity index (χ1v) is 12.3. The smallest absolute Gasteiger partial charge is 0.305 e. The zero-order valence-electron chi connectivity index (χ0n) is 20.9. The van der Waals surface area contributed by atoms with Crippen molar-refractivity contribution in [1.82, 2.24) is 16.0 Å². The van der Waals surface area contributed by atoms with Crippen LogP contribution in [0, 0.1) is 0 Å². The maximum atomic E-state index is 12.9. The predicted molar refractivity (Wildman–Crippen MR) is 138 cm³/mol. The molecule has 37 heavy (non-hydrogen) atoms.